The van der Waals surface area contributed by atoms with Crippen molar-refractivity contribution in [3.63, 3.8) is 0 Å². The Morgan fingerprint density at radius 2 is 1.94 bits per heavy atom. The van der Waals surface area contributed by atoms with E-state index in [9.17, 15) is 15.0 Å². The van der Waals surface area contributed by atoms with Crippen LogP contribution >= 0.6 is 11.4 Å². The molecule has 8 nitrogen and oxygen atoms in total. The number of nitrogens with zero attached hydrogens (tertiary/aromatic N) is 3. The van der Waals surface area contributed by atoms with Gasteiger partial charge in [0.25, 0.3) is 0 Å². The summed E-state index contributed by atoms with van der Waals surface area (Å²) >= 11 is 0.251. The average molecular weight is 513 g/mol. The molecule has 4 N–H and O–H groups in total. The van der Waals surface area contributed by atoms with Crippen molar-refractivity contribution in [2.75, 3.05) is 12.3 Å². The number of rotatable bonds is 10. The van der Waals surface area contributed by atoms with Crippen molar-refractivity contribution in [1.29, 1.82) is 0 Å². The molecule has 1 amide bonds. The van der Waals surface area contributed by atoms with Crippen molar-refractivity contribution in [1.82, 2.24) is 14.9 Å². The van der Waals surface area contributed by atoms with Gasteiger partial charge in [-0.05, 0) is 44.5 Å². The van der Waals surface area contributed by atoms with Crippen LogP contribution in [0.2, 0.25) is 0 Å². The number of allylic oxidation sites excluding steroid dienone is 1. The van der Waals surface area contributed by atoms with Gasteiger partial charge in [-0.25, -0.2) is 14.4 Å². The third-order valence-electron chi connectivity index (χ3n) is 5.39. The van der Waals surface area contributed by atoms with Crippen molar-refractivity contribution < 1.29 is 24.1 Å². The van der Waals surface area contributed by atoms with Gasteiger partial charge in [0, 0.05) is 47.0 Å². The predicted octanol–water partition coefficient (Wildman–Crippen LogP) is 4.38. The lowest BCUT2D eigenvalue weighted by Gasteiger charge is -2.22. The minimum atomic E-state index is -0.649. The highest BCUT2D eigenvalue weighted by molar-refractivity contribution is 8.02. The maximum atomic E-state index is 15.1. The van der Waals surface area contributed by atoms with Crippen molar-refractivity contribution >= 4 is 28.6 Å². The number of hydrogen-bond donors (Lipinski definition) is 4. The number of amides is 1. The Morgan fingerprint density at radius 3 is 2.56 bits per heavy atom. The summed E-state index contributed by atoms with van der Waals surface area (Å²) in [6, 6.07) is 11.8. The van der Waals surface area contributed by atoms with E-state index in [1.165, 1.54) is 11.0 Å². The van der Waals surface area contributed by atoms with Gasteiger partial charge >= 0.3 is 0 Å². The van der Waals surface area contributed by atoms with Gasteiger partial charge in [0.15, 0.2) is 0 Å². The SMILES string of the molecule is C/C(=C(CCO)/[SH]=C(\O)c1c(C)cc(Oc2ccccc2)cc1F)N(C=O)Cc1cnc(C)nc1N. The average Bonchev–Trinajstić information content (AvgIpc) is 2.83. The smallest absolute Gasteiger partial charge is 0.214 e. The summed E-state index contributed by atoms with van der Waals surface area (Å²) in [6.07, 6.45) is 2.34. The third-order valence-corrected chi connectivity index (χ3v) is 6.64. The second kappa shape index (κ2) is 12.4. The summed E-state index contributed by atoms with van der Waals surface area (Å²) in [5.41, 5.74) is 7.52. The Bertz CT molecular complexity index is 1280. The Labute approximate surface area is 212 Å². The second-order valence-electron chi connectivity index (χ2n) is 8.01. The molecule has 0 fully saturated rings. The van der Waals surface area contributed by atoms with E-state index in [1.807, 2.05) is 18.2 Å². The molecule has 0 bridgehead atoms. The monoisotopic (exact) mass is 512 g/mol. The highest BCUT2D eigenvalue weighted by atomic mass is 32.1. The molecule has 0 atom stereocenters. The number of thiol groups is 1. The van der Waals surface area contributed by atoms with Gasteiger partial charge in [0.2, 0.25) is 6.41 Å². The maximum Gasteiger partial charge on any atom is 0.214 e. The number of benzene rings is 2. The number of hydrogen-bond acceptors (Lipinski definition) is 6. The van der Waals surface area contributed by atoms with Crippen molar-refractivity contribution in [3.05, 3.63) is 87.6 Å². The number of ether oxygens (including phenoxy) is 1. The number of carbonyl (C=O) groups excluding carboxylic acids is 1. The van der Waals surface area contributed by atoms with Crippen LogP contribution in [0.15, 0.2) is 59.3 Å². The Balaban J connectivity index is 1.93. The first-order valence-electron chi connectivity index (χ1n) is 11.1. The number of halogens is 1. The summed E-state index contributed by atoms with van der Waals surface area (Å²) in [5, 5.41) is 20.2. The molecule has 0 spiro atoms. The van der Waals surface area contributed by atoms with Gasteiger partial charge in [-0.15, -0.1) is 11.4 Å². The van der Waals surface area contributed by atoms with E-state index in [0.29, 0.717) is 45.5 Å². The minimum absolute atomic E-state index is 0.0363. The predicted molar refractivity (Wildman–Crippen MR) is 141 cm³/mol. The molecule has 0 aliphatic carbocycles. The number of nitrogens with two attached hydrogens (primary N) is 1. The molecule has 0 radical (unpaired) electrons. The molecular weight excluding hydrogens is 483 g/mol. The quantitative estimate of drug-likeness (QED) is 0.181. The Morgan fingerprint density at radius 1 is 1.22 bits per heavy atom. The molecular formula is C26H29FN4O4S. The number of nitrogen functional groups attached to an aromatic ring is 1. The molecule has 2 aromatic carbocycles. The van der Waals surface area contributed by atoms with E-state index >= 15 is 4.39 Å². The van der Waals surface area contributed by atoms with Crippen molar-refractivity contribution in [2.24, 2.45) is 0 Å². The van der Waals surface area contributed by atoms with Crippen LogP contribution in [0, 0.1) is 19.7 Å². The van der Waals surface area contributed by atoms with E-state index in [-0.39, 0.29) is 47.4 Å². The van der Waals surface area contributed by atoms with E-state index in [1.54, 1.807) is 45.2 Å². The molecule has 10 heteroatoms. The molecule has 0 saturated heterocycles. The molecule has 0 aliphatic heterocycles. The third kappa shape index (κ3) is 6.75. The Kier molecular flexibility index (Phi) is 9.29. The summed E-state index contributed by atoms with van der Waals surface area (Å²) in [4.78, 5) is 22.0. The van der Waals surface area contributed by atoms with Crippen LogP contribution in [0.3, 0.4) is 0 Å². The van der Waals surface area contributed by atoms with Gasteiger partial charge in [-0.2, -0.15) is 0 Å². The van der Waals surface area contributed by atoms with Gasteiger partial charge < -0.3 is 25.6 Å². The number of carbonyl (C=O) groups is 1. The number of aliphatic hydroxyl groups excluding tert-OH is 2. The zero-order valence-electron chi connectivity index (χ0n) is 20.3. The van der Waals surface area contributed by atoms with Gasteiger partial charge in [-0.3, -0.25) is 4.79 Å². The van der Waals surface area contributed by atoms with Crippen LogP contribution in [-0.4, -0.2) is 43.1 Å². The largest absolute Gasteiger partial charge is 0.457 e. The summed E-state index contributed by atoms with van der Waals surface area (Å²) in [6.45, 7) is 4.94. The molecule has 1 heterocycles. The van der Waals surface area contributed by atoms with Crippen LogP contribution < -0.4 is 10.5 Å². The standard InChI is InChI=1S/C26H29FN4O4S/c1-16-11-21(35-20-7-5-4-6-8-20)12-22(27)24(16)26(34)36-23(9-10-32)17(2)31(15-33)14-19-13-29-18(3)30-25(19)28/h4-8,11-13,15,32,34,36H,9-10,14H2,1-3H3,(H2,28,29,30)/b23-17-. The number of aliphatic hydroxyl groups is 2. The molecule has 190 valence electrons. The summed E-state index contributed by atoms with van der Waals surface area (Å²) in [7, 11) is 0. The van der Waals surface area contributed by atoms with Gasteiger partial charge in [-0.1, -0.05) is 18.2 Å². The van der Waals surface area contributed by atoms with Gasteiger partial charge in [0.05, 0.1) is 6.54 Å². The normalized spacial score (nSPS) is 12.4. The van der Waals surface area contributed by atoms with Crippen molar-refractivity contribution in [3.8, 4) is 11.5 Å². The van der Waals surface area contributed by atoms with Crippen LogP contribution in [0.4, 0.5) is 10.2 Å². The van der Waals surface area contributed by atoms with E-state index in [0.717, 1.165) is 0 Å². The fourth-order valence-electron chi connectivity index (χ4n) is 3.51. The number of anilines is 1. The number of para-hydroxylation sites is 1. The summed E-state index contributed by atoms with van der Waals surface area (Å²) < 4.78 is 20.8. The van der Waals surface area contributed by atoms with Crippen LogP contribution in [0.25, 0.3) is 0 Å². The topological polar surface area (TPSA) is 122 Å². The zero-order chi connectivity index (χ0) is 26.2. The van der Waals surface area contributed by atoms with E-state index in [2.05, 4.69) is 9.97 Å². The molecule has 0 saturated carbocycles. The highest BCUT2D eigenvalue weighted by Gasteiger charge is 2.16. The molecule has 3 rings (SSSR count). The lowest BCUT2D eigenvalue weighted by molar-refractivity contribution is -0.116. The lowest BCUT2D eigenvalue weighted by atomic mass is 10.1. The van der Waals surface area contributed by atoms with Gasteiger partial charge in [0.1, 0.15) is 34.0 Å². The molecule has 1 aromatic heterocycles. The lowest BCUT2D eigenvalue weighted by Crippen LogP contribution is -2.22. The molecule has 0 unspecified atom stereocenters. The zero-order valence-corrected chi connectivity index (χ0v) is 21.2. The molecule has 0 aliphatic rings. The summed E-state index contributed by atoms with van der Waals surface area (Å²) in [5.74, 6) is 0.985. The highest BCUT2D eigenvalue weighted by Crippen LogP contribution is 2.29. The van der Waals surface area contributed by atoms with Crippen LogP contribution in [-0.2, 0) is 11.3 Å². The van der Waals surface area contributed by atoms with E-state index in [4.69, 9.17) is 10.5 Å². The van der Waals surface area contributed by atoms with E-state index < -0.39 is 5.82 Å². The maximum absolute atomic E-state index is 15.1. The number of aryl methyl sites for hydroxylation is 2. The Hall–Kier alpha value is -3.60. The fourth-order valence-corrected chi connectivity index (χ4v) is 4.66. The van der Waals surface area contributed by atoms with Crippen molar-refractivity contribution in [2.45, 2.75) is 33.7 Å². The fraction of sp³-hybridized carbons (Fsp3) is 0.231. The minimum Gasteiger partial charge on any atom is -0.457 e. The molecule has 3 aromatic rings. The van der Waals surface area contributed by atoms with Crippen LogP contribution in [0.5, 0.6) is 11.5 Å². The number of aromatic nitrogens is 2. The molecule has 36 heavy (non-hydrogen) atoms. The first-order valence-corrected chi connectivity index (χ1v) is 12.0. The first-order chi connectivity index (χ1) is 17.2. The first kappa shape index (κ1) is 27.0. The second-order valence-corrected chi connectivity index (χ2v) is 9.20. The van der Waals surface area contributed by atoms with Crippen LogP contribution in [0.1, 0.15) is 35.9 Å².